The lowest BCUT2D eigenvalue weighted by molar-refractivity contribution is 0.141. The lowest BCUT2D eigenvalue weighted by Gasteiger charge is -2.04. The van der Waals surface area contributed by atoms with Gasteiger partial charge in [0.15, 0.2) is 0 Å². The Hall–Kier alpha value is -2.87. The fourth-order valence-electron chi connectivity index (χ4n) is 1.78. The topological polar surface area (TPSA) is 38.3 Å². The third-order valence-electron chi connectivity index (χ3n) is 3.01. The maximum Gasteiger partial charge on any atom is 0.408 e. The van der Waals surface area contributed by atoms with E-state index in [-0.39, 0.29) is 18.7 Å². The molecule has 3 nitrogen and oxygen atoms in total. The molecule has 0 saturated carbocycles. The predicted octanol–water partition coefficient (Wildman–Crippen LogP) is 3.55. The molecule has 2 rings (SSSR count). The first-order chi connectivity index (χ1) is 11.1. The molecule has 0 unspecified atom stereocenters. The van der Waals surface area contributed by atoms with Crippen LogP contribution in [0.25, 0.3) is 0 Å². The summed E-state index contributed by atoms with van der Waals surface area (Å²) < 4.78 is 31.6. The van der Waals surface area contributed by atoms with Gasteiger partial charge in [-0.25, -0.2) is 13.6 Å². The zero-order chi connectivity index (χ0) is 16.7. The number of hydrogen-bond acceptors (Lipinski definition) is 2. The van der Waals surface area contributed by atoms with Crippen LogP contribution in [0.15, 0.2) is 42.5 Å². The maximum absolute atomic E-state index is 13.5. The monoisotopic (exact) mass is 315 g/mol. The molecule has 5 heteroatoms. The van der Waals surface area contributed by atoms with Crippen LogP contribution in [0.4, 0.5) is 13.6 Å². The Kier molecular flexibility index (Phi) is 5.70. The molecule has 1 N–H and O–H groups in total. The number of nitrogens with one attached hydrogen (secondary N) is 1. The standard InChI is InChI=1S/C18H15F2NO2/c1-13-10-15(17(20)11-16(13)19)8-5-9-21-18(22)23-12-14-6-3-2-4-7-14/h2-4,6-7,10-11H,9,12H2,1H3,(H,21,22). The first-order valence-corrected chi connectivity index (χ1v) is 6.95. The minimum atomic E-state index is -0.729. The van der Waals surface area contributed by atoms with Crippen LogP contribution in [0.5, 0.6) is 0 Å². The fourth-order valence-corrected chi connectivity index (χ4v) is 1.78. The van der Waals surface area contributed by atoms with Crippen molar-refractivity contribution in [3.63, 3.8) is 0 Å². The Morgan fingerprint density at radius 3 is 2.65 bits per heavy atom. The number of carbonyl (C=O) groups is 1. The molecule has 2 aromatic carbocycles. The van der Waals surface area contributed by atoms with Crippen LogP contribution in [-0.2, 0) is 11.3 Å². The molecule has 0 aliphatic rings. The van der Waals surface area contributed by atoms with E-state index in [4.69, 9.17) is 4.74 Å². The molecule has 23 heavy (non-hydrogen) atoms. The van der Waals surface area contributed by atoms with Gasteiger partial charge >= 0.3 is 6.09 Å². The van der Waals surface area contributed by atoms with Crippen LogP contribution in [0.2, 0.25) is 0 Å². The quantitative estimate of drug-likeness (QED) is 0.880. The lowest BCUT2D eigenvalue weighted by Crippen LogP contribution is -2.24. The summed E-state index contributed by atoms with van der Waals surface area (Å²) in [4.78, 5) is 11.5. The normalized spacial score (nSPS) is 9.70. The molecule has 2 aromatic rings. The van der Waals surface area contributed by atoms with Crippen molar-refractivity contribution in [2.24, 2.45) is 0 Å². The van der Waals surface area contributed by atoms with E-state index < -0.39 is 17.7 Å². The van der Waals surface area contributed by atoms with Crippen LogP contribution in [0.3, 0.4) is 0 Å². The second kappa shape index (κ2) is 7.95. The molecule has 0 aliphatic carbocycles. The highest BCUT2D eigenvalue weighted by Gasteiger charge is 2.05. The number of amides is 1. The van der Waals surface area contributed by atoms with Gasteiger partial charge in [0.25, 0.3) is 0 Å². The van der Waals surface area contributed by atoms with E-state index in [0.717, 1.165) is 11.6 Å². The van der Waals surface area contributed by atoms with Gasteiger partial charge in [0.1, 0.15) is 18.2 Å². The Balaban J connectivity index is 1.81. The smallest absolute Gasteiger partial charge is 0.408 e. The highest BCUT2D eigenvalue weighted by atomic mass is 19.1. The summed E-state index contributed by atoms with van der Waals surface area (Å²) >= 11 is 0. The highest BCUT2D eigenvalue weighted by molar-refractivity contribution is 5.67. The van der Waals surface area contributed by atoms with Crippen molar-refractivity contribution in [2.45, 2.75) is 13.5 Å². The lowest BCUT2D eigenvalue weighted by atomic mass is 10.1. The summed E-state index contributed by atoms with van der Waals surface area (Å²) in [5.41, 5.74) is 1.27. The molecule has 0 aliphatic heterocycles. The summed E-state index contributed by atoms with van der Waals surface area (Å²) in [5, 5.41) is 2.44. The minimum Gasteiger partial charge on any atom is -0.445 e. The van der Waals surface area contributed by atoms with Gasteiger partial charge in [-0.2, -0.15) is 0 Å². The summed E-state index contributed by atoms with van der Waals surface area (Å²) in [6.45, 7) is 1.69. The van der Waals surface area contributed by atoms with Gasteiger partial charge in [-0.05, 0) is 24.1 Å². The number of hydrogen-bond donors (Lipinski definition) is 1. The molecule has 0 radical (unpaired) electrons. The second-order valence-corrected chi connectivity index (χ2v) is 4.80. The number of alkyl carbamates (subject to hydrolysis) is 1. The SMILES string of the molecule is Cc1cc(C#CCNC(=O)OCc2ccccc2)c(F)cc1F. The van der Waals surface area contributed by atoms with Crippen molar-refractivity contribution >= 4 is 6.09 Å². The van der Waals surface area contributed by atoms with Gasteiger partial charge in [-0.15, -0.1) is 0 Å². The first kappa shape index (κ1) is 16.5. The summed E-state index contributed by atoms with van der Waals surface area (Å²) in [6.07, 6.45) is -0.612. The van der Waals surface area contributed by atoms with Crippen molar-refractivity contribution in [3.8, 4) is 11.8 Å². The molecule has 0 atom stereocenters. The third-order valence-corrected chi connectivity index (χ3v) is 3.01. The van der Waals surface area contributed by atoms with E-state index in [1.165, 1.54) is 13.0 Å². The van der Waals surface area contributed by atoms with Crippen LogP contribution < -0.4 is 5.32 Å². The highest BCUT2D eigenvalue weighted by Crippen LogP contribution is 2.12. The third kappa shape index (κ3) is 5.11. The number of benzene rings is 2. The fraction of sp³-hybridized carbons (Fsp3) is 0.167. The molecule has 0 aromatic heterocycles. The van der Waals surface area contributed by atoms with Crippen molar-refractivity contribution in [3.05, 3.63) is 70.8 Å². The minimum absolute atomic E-state index is 0.00346. The molecule has 0 bridgehead atoms. The van der Waals surface area contributed by atoms with Gasteiger partial charge in [0.05, 0.1) is 12.1 Å². The Labute approximate surface area is 133 Å². The predicted molar refractivity (Wildman–Crippen MR) is 82.6 cm³/mol. The van der Waals surface area contributed by atoms with Crippen molar-refractivity contribution < 1.29 is 18.3 Å². The van der Waals surface area contributed by atoms with Crippen LogP contribution in [0, 0.1) is 30.4 Å². The van der Waals surface area contributed by atoms with E-state index in [0.29, 0.717) is 5.56 Å². The number of aryl methyl sites for hydroxylation is 1. The maximum atomic E-state index is 13.5. The van der Waals surface area contributed by atoms with E-state index in [2.05, 4.69) is 17.2 Å². The molecule has 118 valence electrons. The van der Waals surface area contributed by atoms with E-state index in [9.17, 15) is 13.6 Å². The van der Waals surface area contributed by atoms with E-state index in [1.54, 1.807) is 0 Å². The zero-order valence-electron chi connectivity index (χ0n) is 12.5. The average Bonchev–Trinajstić information content (AvgIpc) is 2.55. The largest absolute Gasteiger partial charge is 0.445 e. The van der Waals surface area contributed by atoms with E-state index in [1.807, 2.05) is 30.3 Å². The first-order valence-electron chi connectivity index (χ1n) is 6.95. The summed E-state index contributed by atoms with van der Waals surface area (Å²) in [5.74, 6) is 3.80. The molecule has 1 amide bonds. The number of rotatable bonds is 3. The molecule has 0 heterocycles. The van der Waals surface area contributed by atoms with Crippen LogP contribution in [0.1, 0.15) is 16.7 Å². The summed E-state index contributed by atoms with van der Waals surface area (Å²) in [6, 6.07) is 11.4. The Morgan fingerprint density at radius 1 is 1.17 bits per heavy atom. The Bertz CT molecular complexity index is 749. The van der Waals surface area contributed by atoms with Gasteiger partial charge in [-0.1, -0.05) is 42.2 Å². The second-order valence-electron chi connectivity index (χ2n) is 4.80. The molecular weight excluding hydrogens is 300 g/mol. The van der Waals surface area contributed by atoms with Crippen molar-refractivity contribution in [2.75, 3.05) is 6.54 Å². The van der Waals surface area contributed by atoms with Gasteiger partial charge in [0.2, 0.25) is 0 Å². The van der Waals surface area contributed by atoms with Gasteiger partial charge in [-0.3, -0.25) is 0 Å². The van der Waals surface area contributed by atoms with Crippen molar-refractivity contribution in [1.82, 2.24) is 5.32 Å². The van der Waals surface area contributed by atoms with Crippen LogP contribution in [-0.4, -0.2) is 12.6 Å². The number of halogens is 2. The van der Waals surface area contributed by atoms with Crippen molar-refractivity contribution in [1.29, 1.82) is 0 Å². The van der Waals surface area contributed by atoms with Gasteiger partial charge < -0.3 is 10.1 Å². The summed E-state index contributed by atoms with van der Waals surface area (Å²) in [7, 11) is 0. The van der Waals surface area contributed by atoms with E-state index >= 15 is 0 Å². The number of ether oxygens (including phenoxy) is 1. The number of carbonyl (C=O) groups excluding carboxylic acids is 1. The molecular formula is C18H15F2NO2. The molecule has 0 spiro atoms. The Morgan fingerprint density at radius 2 is 1.91 bits per heavy atom. The molecule has 0 fully saturated rings. The van der Waals surface area contributed by atoms with Crippen LogP contribution >= 0.6 is 0 Å². The zero-order valence-corrected chi connectivity index (χ0v) is 12.5. The van der Waals surface area contributed by atoms with Gasteiger partial charge in [0, 0.05) is 6.07 Å². The molecule has 0 saturated heterocycles. The average molecular weight is 315 g/mol.